The van der Waals surface area contributed by atoms with E-state index in [1.807, 2.05) is 0 Å². The Morgan fingerprint density at radius 2 is 0.722 bits per heavy atom. The fourth-order valence-electron chi connectivity index (χ4n) is 0. The number of carboxylic acid groups (broad SMARTS) is 4. The Morgan fingerprint density at radius 3 is 0.722 bits per heavy atom. The Morgan fingerprint density at radius 1 is 0.722 bits per heavy atom. The second-order valence-electron chi connectivity index (χ2n) is 2.02. The van der Waals surface area contributed by atoms with Crippen molar-refractivity contribution in [2.24, 2.45) is 0 Å². The van der Waals surface area contributed by atoms with Gasteiger partial charge in [-0.25, -0.2) is 0 Å². The molecule has 9 nitrogen and oxygen atoms in total. The quantitative estimate of drug-likeness (QED) is 0.427. The summed E-state index contributed by atoms with van der Waals surface area (Å²) in [6, 6.07) is 0. The van der Waals surface area contributed by atoms with Crippen LogP contribution in [0, 0.1) is 0 Å². The smallest absolute Gasteiger partial charge is 0.550 e. The molecule has 0 aliphatic heterocycles. The van der Waals surface area contributed by atoms with E-state index in [0.29, 0.717) is 0 Å². The fourth-order valence-corrected chi connectivity index (χ4v) is 0. The van der Waals surface area contributed by atoms with E-state index in [0.717, 1.165) is 27.7 Å². The molecule has 0 saturated carbocycles. The Balaban J connectivity index is -0.0000000257. The number of aliphatic carboxylic acids is 4. The first-order valence-corrected chi connectivity index (χ1v) is 3.67. The van der Waals surface area contributed by atoms with E-state index in [1.165, 1.54) is 0 Å². The van der Waals surface area contributed by atoms with Crippen molar-refractivity contribution in [3.05, 3.63) is 0 Å². The van der Waals surface area contributed by atoms with Gasteiger partial charge in [0.25, 0.3) is 11.9 Å². The summed E-state index contributed by atoms with van der Waals surface area (Å²) in [7, 11) is 0. The van der Waals surface area contributed by atoms with Gasteiger partial charge in [-0.15, -0.1) is 0 Å². The Hall–Kier alpha value is -1.39. The van der Waals surface area contributed by atoms with Crippen LogP contribution in [0.1, 0.15) is 27.7 Å². The molecule has 10 heteroatoms. The second-order valence-corrected chi connectivity index (χ2v) is 2.02. The average molecular weight is 281 g/mol. The van der Waals surface area contributed by atoms with Crippen LogP contribution in [0.15, 0.2) is 0 Å². The van der Waals surface area contributed by atoms with Crippen LogP contribution >= 0.6 is 0 Å². The molecular weight excluding hydrogens is 264 g/mol. The minimum atomic E-state index is -1.08. The van der Waals surface area contributed by atoms with Crippen molar-refractivity contribution >= 4 is 46.9 Å². The summed E-state index contributed by atoms with van der Waals surface area (Å²) in [6.07, 6.45) is 0. The molecule has 0 aliphatic carbocycles. The first kappa shape index (κ1) is 36.0. The van der Waals surface area contributed by atoms with Crippen LogP contribution in [0.2, 0.25) is 0 Å². The largest absolute Gasteiger partial charge is 2.00 e. The van der Waals surface area contributed by atoms with E-state index in [4.69, 9.17) is 39.6 Å². The molecule has 0 saturated heterocycles. The molecule has 4 N–H and O–H groups in total. The predicted molar refractivity (Wildman–Crippen MR) is 57.3 cm³/mol. The van der Waals surface area contributed by atoms with Gasteiger partial charge in [-0.3, -0.25) is 9.59 Å². The summed E-state index contributed by atoms with van der Waals surface area (Å²) >= 11 is 0. The van der Waals surface area contributed by atoms with Gasteiger partial charge < -0.3 is 35.5 Å². The van der Waals surface area contributed by atoms with Gasteiger partial charge in [0.2, 0.25) is 0 Å². The molecule has 0 spiro atoms. The number of carboxylic acids is 4. The number of carbonyl (C=O) groups is 4. The Kier molecular flexibility index (Phi) is 59.1. The normalized spacial score (nSPS) is 5.56. The van der Waals surface area contributed by atoms with Crippen LogP contribution in [0.4, 0.5) is 0 Å². The molecule has 0 fully saturated rings. The van der Waals surface area contributed by atoms with Crippen LogP contribution in [-0.4, -0.2) is 62.6 Å². The fraction of sp³-hybridized carbons (Fsp3) is 0.500. The topological polar surface area (TPSA) is 186 Å². The molecule has 0 bridgehead atoms. The van der Waals surface area contributed by atoms with Gasteiger partial charge in [0, 0.05) is 25.8 Å². The van der Waals surface area contributed by atoms with Gasteiger partial charge in [0.15, 0.2) is 0 Å². The van der Waals surface area contributed by atoms with Crippen LogP contribution < -0.4 is 10.2 Å². The molecule has 0 amide bonds. The molecule has 0 atom stereocenters. The molecule has 0 heterocycles. The van der Waals surface area contributed by atoms with Gasteiger partial charge in [-0.05, 0) is 13.8 Å². The summed E-state index contributed by atoms with van der Waals surface area (Å²) < 4.78 is 0. The van der Waals surface area contributed by atoms with Crippen molar-refractivity contribution < 1.29 is 45.1 Å². The van der Waals surface area contributed by atoms with Crippen LogP contribution in [0.25, 0.3) is 0 Å². The van der Waals surface area contributed by atoms with Crippen molar-refractivity contribution in [3.63, 3.8) is 0 Å². The zero-order valence-electron chi connectivity index (χ0n) is 10.6. The Labute approximate surface area is 120 Å². The van der Waals surface area contributed by atoms with E-state index in [2.05, 4.69) is 0 Å². The number of rotatable bonds is 0. The molecule has 0 aromatic heterocycles. The maximum Gasteiger partial charge on any atom is 2.00 e. The standard InChI is InChI=1S/4C2H4O2.Mg.H2O/c4*1-2(3)4;;/h4*1H3,(H,3,4);;1H2/q;;;;+2;/p-2. The second kappa shape index (κ2) is 29.6. The minimum absolute atomic E-state index is 0. The zero-order valence-corrected chi connectivity index (χ0v) is 12.0. The number of hydrogen-bond acceptors (Lipinski definition) is 6. The van der Waals surface area contributed by atoms with Gasteiger partial charge in [-0.1, -0.05) is 0 Å². The molecule has 18 heavy (non-hydrogen) atoms. The molecule has 104 valence electrons. The summed E-state index contributed by atoms with van der Waals surface area (Å²) in [5, 5.41) is 32.6. The predicted octanol–water partition coefficient (Wildman–Crippen LogP) is -3.51. The Bertz CT molecular complexity index is 163. The number of carbonyl (C=O) groups excluding carboxylic acids is 2. The molecular formula is C8H16MgO9. The van der Waals surface area contributed by atoms with Gasteiger partial charge >= 0.3 is 23.1 Å². The van der Waals surface area contributed by atoms with E-state index in [-0.39, 0.29) is 28.5 Å². The van der Waals surface area contributed by atoms with Crippen LogP contribution in [0.5, 0.6) is 0 Å². The molecule has 0 rings (SSSR count). The van der Waals surface area contributed by atoms with Gasteiger partial charge in [0.1, 0.15) is 0 Å². The first-order valence-electron chi connectivity index (χ1n) is 3.67. The van der Waals surface area contributed by atoms with E-state index in [1.54, 1.807) is 0 Å². The van der Waals surface area contributed by atoms with Crippen molar-refractivity contribution in [2.75, 3.05) is 0 Å². The summed E-state index contributed by atoms with van der Waals surface area (Å²) in [4.78, 5) is 35.8. The van der Waals surface area contributed by atoms with Crippen LogP contribution in [-0.2, 0) is 19.2 Å². The van der Waals surface area contributed by atoms with Crippen LogP contribution in [0.3, 0.4) is 0 Å². The van der Waals surface area contributed by atoms with Crippen molar-refractivity contribution in [1.29, 1.82) is 0 Å². The van der Waals surface area contributed by atoms with Crippen molar-refractivity contribution in [3.8, 4) is 0 Å². The van der Waals surface area contributed by atoms with Crippen molar-refractivity contribution in [2.45, 2.75) is 27.7 Å². The van der Waals surface area contributed by atoms with E-state index in [9.17, 15) is 0 Å². The average Bonchev–Trinajstić information content (AvgIpc) is 1.76. The molecule has 0 aliphatic rings. The summed E-state index contributed by atoms with van der Waals surface area (Å²) in [6.45, 7) is 4.11. The summed E-state index contributed by atoms with van der Waals surface area (Å²) in [5.74, 6) is -3.83. The first-order chi connectivity index (χ1) is 6.93. The third kappa shape index (κ3) is 1390. The van der Waals surface area contributed by atoms with E-state index < -0.39 is 23.9 Å². The third-order valence-electron chi connectivity index (χ3n) is 0. The maximum absolute atomic E-state index is 9.00. The number of hydrogen-bond donors (Lipinski definition) is 2. The molecule has 0 aromatic carbocycles. The molecule has 0 aromatic rings. The SMILES string of the molecule is CC(=O)O.CC(=O)O.CC(=O)[O-].CC(=O)[O-].O.[Mg+2]. The minimum Gasteiger partial charge on any atom is -0.550 e. The van der Waals surface area contributed by atoms with Crippen molar-refractivity contribution in [1.82, 2.24) is 0 Å². The van der Waals surface area contributed by atoms with Gasteiger partial charge in [0.05, 0.1) is 0 Å². The summed E-state index contributed by atoms with van der Waals surface area (Å²) in [5.41, 5.74) is 0. The molecule has 0 unspecified atom stereocenters. The molecule has 0 radical (unpaired) electrons. The van der Waals surface area contributed by atoms with Gasteiger partial charge in [-0.2, -0.15) is 0 Å². The monoisotopic (exact) mass is 280 g/mol. The zero-order chi connectivity index (χ0) is 14.3. The van der Waals surface area contributed by atoms with E-state index >= 15 is 0 Å². The third-order valence-corrected chi connectivity index (χ3v) is 0. The maximum atomic E-state index is 9.00.